The van der Waals surface area contributed by atoms with Gasteiger partial charge in [-0.05, 0) is 71.5 Å². The van der Waals surface area contributed by atoms with Crippen LogP contribution >= 0.6 is 0 Å². The number of nitrogens with zero attached hydrogens (tertiary/aromatic N) is 1. The maximum atomic E-state index is 12.4. The number of nitrogens with one attached hydrogen (secondary N) is 2. The minimum Gasteiger partial charge on any atom is -0.365 e. The highest BCUT2D eigenvalue weighted by Crippen LogP contribution is 2.17. The summed E-state index contributed by atoms with van der Waals surface area (Å²) in [6.07, 6.45) is 7.23. The highest BCUT2D eigenvalue weighted by molar-refractivity contribution is 5.90. The van der Waals surface area contributed by atoms with E-state index in [-0.39, 0.29) is 5.91 Å². The number of rotatable bonds is 9. The van der Waals surface area contributed by atoms with Gasteiger partial charge in [0.25, 0.3) is 0 Å². The van der Waals surface area contributed by atoms with E-state index < -0.39 is 0 Å². The molecule has 0 unspecified atom stereocenters. The van der Waals surface area contributed by atoms with Gasteiger partial charge in [0.15, 0.2) is 0 Å². The first-order valence-corrected chi connectivity index (χ1v) is 9.11. The molecule has 0 spiro atoms. The second-order valence-electron chi connectivity index (χ2n) is 6.74. The molecule has 0 saturated carbocycles. The monoisotopic (exact) mass is 355 g/mol. The molecule has 1 amide bonds. The van der Waals surface area contributed by atoms with Crippen molar-refractivity contribution in [3.8, 4) is 0 Å². The van der Waals surface area contributed by atoms with Crippen LogP contribution in [-0.4, -0.2) is 24.9 Å². The van der Waals surface area contributed by atoms with Gasteiger partial charge in [0.1, 0.15) is 0 Å². The van der Waals surface area contributed by atoms with E-state index in [1.807, 2.05) is 65.3 Å². The molecule has 26 heavy (non-hydrogen) atoms. The van der Waals surface area contributed by atoms with Crippen molar-refractivity contribution in [1.82, 2.24) is 10.2 Å². The number of anilines is 1. The fourth-order valence-electron chi connectivity index (χ4n) is 2.44. The van der Waals surface area contributed by atoms with E-state index in [1.165, 1.54) is 11.1 Å². The fraction of sp³-hybridized carbons (Fsp3) is 0.409. The third kappa shape index (κ3) is 8.17. The van der Waals surface area contributed by atoms with E-state index in [0.29, 0.717) is 12.8 Å². The smallest absolute Gasteiger partial charge is 0.224 e. The Bertz CT molecular complexity index is 684. The lowest BCUT2D eigenvalue weighted by atomic mass is 10.0. The van der Waals surface area contributed by atoms with E-state index in [1.54, 1.807) is 0 Å². The highest BCUT2D eigenvalue weighted by Gasteiger charge is 2.07. The molecular formula is C22H33N3O. The van der Waals surface area contributed by atoms with Crippen LogP contribution in [0.3, 0.4) is 0 Å². The topological polar surface area (TPSA) is 44.4 Å². The van der Waals surface area contributed by atoms with Gasteiger partial charge in [-0.1, -0.05) is 29.9 Å². The predicted molar refractivity (Wildman–Crippen MR) is 112 cm³/mol. The molecule has 0 fully saturated rings. The molecule has 142 valence electrons. The van der Waals surface area contributed by atoms with Crippen molar-refractivity contribution < 1.29 is 4.79 Å². The summed E-state index contributed by atoms with van der Waals surface area (Å²) in [5.41, 5.74) is 5.45. The van der Waals surface area contributed by atoms with Crippen LogP contribution in [0.4, 0.5) is 5.69 Å². The van der Waals surface area contributed by atoms with Crippen molar-refractivity contribution in [2.24, 2.45) is 0 Å². The third-order valence-electron chi connectivity index (χ3n) is 4.18. The van der Waals surface area contributed by atoms with E-state index in [4.69, 9.17) is 0 Å². The quantitative estimate of drug-likeness (QED) is 0.624. The predicted octanol–water partition coefficient (Wildman–Crippen LogP) is 4.83. The number of hydrogen-bond acceptors (Lipinski definition) is 3. The number of hydrogen-bond donors (Lipinski definition) is 2. The highest BCUT2D eigenvalue weighted by atomic mass is 16.1. The molecule has 1 aromatic rings. The van der Waals surface area contributed by atoms with Gasteiger partial charge >= 0.3 is 0 Å². The lowest BCUT2D eigenvalue weighted by molar-refractivity contribution is -0.116. The largest absolute Gasteiger partial charge is 0.365 e. The molecule has 0 bridgehead atoms. The first kappa shape index (κ1) is 21.7. The van der Waals surface area contributed by atoms with Crippen molar-refractivity contribution in [1.29, 1.82) is 0 Å². The second-order valence-corrected chi connectivity index (χ2v) is 6.74. The standard InChI is InChI=1S/C22H33N3O/c1-7-17(3)20(15-23-18(4)8-2)12-13-22(26)24-21-11-9-10-19(14-21)16-25(5)6/h7-11,14-15,23H,12-13,16H2,1-6H3,(H,24,26)/b17-7+,18-8+,20-15-. The zero-order valence-electron chi connectivity index (χ0n) is 17.0. The second kappa shape index (κ2) is 11.3. The molecule has 0 aliphatic rings. The molecular weight excluding hydrogens is 322 g/mol. The van der Waals surface area contributed by atoms with Gasteiger partial charge in [-0.25, -0.2) is 0 Å². The van der Waals surface area contributed by atoms with E-state index in [0.717, 1.165) is 23.5 Å². The Labute approximate surface area is 158 Å². The number of carbonyl (C=O) groups is 1. The Morgan fingerprint density at radius 2 is 1.85 bits per heavy atom. The van der Waals surface area contributed by atoms with Crippen molar-refractivity contribution in [2.75, 3.05) is 19.4 Å². The first-order chi connectivity index (χ1) is 12.3. The van der Waals surface area contributed by atoms with Crippen molar-refractivity contribution in [3.63, 3.8) is 0 Å². The van der Waals surface area contributed by atoms with Crippen LogP contribution < -0.4 is 10.6 Å². The lowest BCUT2D eigenvalue weighted by Gasteiger charge is -2.12. The summed E-state index contributed by atoms with van der Waals surface area (Å²) in [4.78, 5) is 14.5. The molecule has 0 atom stereocenters. The SMILES string of the molecule is C/C=C(\C)N/C=C(CCC(=O)Nc1cccc(CN(C)C)c1)\C(C)=C\C. The Hall–Kier alpha value is -2.33. The number of benzene rings is 1. The Morgan fingerprint density at radius 3 is 2.46 bits per heavy atom. The van der Waals surface area contributed by atoms with Gasteiger partial charge < -0.3 is 15.5 Å². The van der Waals surface area contributed by atoms with Crippen LogP contribution in [0, 0.1) is 0 Å². The summed E-state index contributed by atoms with van der Waals surface area (Å²) >= 11 is 0. The van der Waals surface area contributed by atoms with E-state index in [9.17, 15) is 4.79 Å². The molecule has 2 N–H and O–H groups in total. The van der Waals surface area contributed by atoms with Gasteiger partial charge in [0, 0.05) is 30.5 Å². The summed E-state index contributed by atoms with van der Waals surface area (Å²) < 4.78 is 0. The third-order valence-corrected chi connectivity index (χ3v) is 4.18. The molecule has 0 aliphatic carbocycles. The maximum Gasteiger partial charge on any atom is 0.224 e. The summed E-state index contributed by atoms with van der Waals surface area (Å²) in [5, 5.41) is 6.28. The van der Waals surface area contributed by atoms with Crippen LogP contribution in [0.1, 0.15) is 46.1 Å². The van der Waals surface area contributed by atoms with Crippen LogP contribution in [-0.2, 0) is 11.3 Å². The van der Waals surface area contributed by atoms with Gasteiger partial charge in [-0.3, -0.25) is 4.79 Å². The molecule has 0 aromatic heterocycles. The van der Waals surface area contributed by atoms with Gasteiger partial charge in [-0.15, -0.1) is 0 Å². The van der Waals surface area contributed by atoms with Crippen LogP contribution in [0.25, 0.3) is 0 Å². The normalized spacial score (nSPS) is 13.1. The molecule has 0 heterocycles. The number of amides is 1. The molecule has 0 aliphatic heterocycles. The maximum absolute atomic E-state index is 12.4. The lowest BCUT2D eigenvalue weighted by Crippen LogP contribution is -2.14. The summed E-state index contributed by atoms with van der Waals surface area (Å²) in [6, 6.07) is 8.01. The Morgan fingerprint density at radius 1 is 1.12 bits per heavy atom. The average molecular weight is 356 g/mol. The zero-order valence-corrected chi connectivity index (χ0v) is 17.0. The molecule has 4 nitrogen and oxygen atoms in total. The summed E-state index contributed by atoms with van der Waals surface area (Å²) in [5.74, 6) is 0.0320. The first-order valence-electron chi connectivity index (χ1n) is 9.11. The average Bonchev–Trinajstić information content (AvgIpc) is 2.60. The van der Waals surface area contributed by atoms with E-state index >= 15 is 0 Å². The van der Waals surface area contributed by atoms with Gasteiger partial charge in [-0.2, -0.15) is 0 Å². The van der Waals surface area contributed by atoms with Crippen LogP contribution in [0.15, 0.2) is 59.5 Å². The van der Waals surface area contributed by atoms with Crippen LogP contribution in [0.2, 0.25) is 0 Å². The number of allylic oxidation sites excluding steroid dienone is 5. The van der Waals surface area contributed by atoms with Gasteiger partial charge in [0.05, 0.1) is 0 Å². The van der Waals surface area contributed by atoms with Crippen molar-refractivity contribution in [2.45, 2.75) is 47.1 Å². The summed E-state index contributed by atoms with van der Waals surface area (Å²) in [6.45, 7) is 8.96. The minimum atomic E-state index is 0.0320. The molecule has 0 radical (unpaired) electrons. The Balaban J connectivity index is 2.68. The van der Waals surface area contributed by atoms with Crippen molar-refractivity contribution >= 4 is 11.6 Å². The Kier molecular flexibility index (Phi) is 9.45. The number of carbonyl (C=O) groups excluding carboxylic acids is 1. The molecule has 4 heteroatoms. The molecule has 1 rings (SSSR count). The minimum absolute atomic E-state index is 0.0320. The summed E-state index contributed by atoms with van der Waals surface area (Å²) in [7, 11) is 4.07. The zero-order chi connectivity index (χ0) is 19.5. The van der Waals surface area contributed by atoms with Crippen LogP contribution in [0.5, 0.6) is 0 Å². The van der Waals surface area contributed by atoms with Gasteiger partial charge in [0.2, 0.25) is 5.91 Å². The van der Waals surface area contributed by atoms with Crippen molar-refractivity contribution in [3.05, 3.63) is 65.0 Å². The molecule has 1 aromatic carbocycles. The van der Waals surface area contributed by atoms with E-state index in [2.05, 4.69) is 34.6 Å². The molecule has 0 saturated heterocycles. The fourth-order valence-corrected chi connectivity index (χ4v) is 2.44.